The standard InChI is InChI=1S/C18H28N2/c1-17(2)8-5-10-20(11-9-17)18(14-19)12-15-6-3-4-7-16(15)13-18/h3-4,6-7H,5,8-14,19H2,1-2H3. The number of nitrogens with zero attached hydrogens (tertiary/aromatic N) is 1. The van der Waals surface area contributed by atoms with Crippen molar-refractivity contribution in [2.45, 2.75) is 51.5 Å². The SMILES string of the molecule is CC1(C)CCCN(C2(CN)Cc3ccccc3C2)CC1. The fraction of sp³-hybridized carbons (Fsp3) is 0.667. The monoisotopic (exact) mass is 272 g/mol. The van der Waals surface area contributed by atoms with Gasteiger partial charge in [0, 0.05) is 12.1 Å². The highest BCUT2D eigenvalue weighted by molar-refractivity contribution is 5.36. The highest BCUT2D eigenvalue weighted by Gasteiger charge is 2.42. The minimum atomic E-state index is 0.185. The molecule has 2 N–H and O–H groups in total. The predicted octanol–water partition coefficient (Wildman–Crippen LogP) is 2.99. The zero-order chi connectivity index (χ0) is 14.2. The molecule has 2 aliphatic rings. The summed E-state index contributed by atoms with van der Waals surface area (Å²) < 4.78 is 0. The van der Waals surface area contributed by atoms with Gasteiger partial charge in [-0.1, -0.05) is 38.1 Å². The van der Waals surface area contributed by atoms with E-state index in [-0.39, 0.29) is 5.54 Å². The summed E-state index contributed by atoms with van der Waals surface area (Å²) in [5.74, 6) is 0. The molecule has 0 amide bonds. The van der Waals surface area contributed by atoms with Gasteiger partial charge in [-0.3, -0.25) is 4.90 Å². The molecule has 1 saturated heterocycles. The van der Waals surface area contributed by atoms with Gasteiger partial charge in [0.15, 0.2) is 0 Å². The first kappa shape index (κ1) is 14.1. The molecule has 0 radical (unpaired) electrons. The van der Waals surface area contributed by atoms with Gasteiger partial charge < -0.3 is 5.73 Å². The summed E-state index contributed by atoms with van der Waals surface area (Å²) in [6.45, 7) is 8.03. The van der Waals surface area contributed by atoms with Crippen molar-refractivity contribution in [3.05, 3.63) is 35.4 Å². The maximum absolute atomic E-state index is 6.26. The maximum atomic E-state index is 6.26. The normalized spacial score (nSPS) is 25.1. The lowest BCUT2D eigenvalue weighted by Crippen LogP contribution is -2.55. The summed E-state index contributed by atoms with van der Waals surface area (Å²) in [6.07, 6.45) is 6.23. The largest absolute Gasteiger partial charge is 0.329 e. The van der Waals surface area contributed by atoms with E-state index in [2.05, 4.69) is 43.0 Å². The molecule has 110 valence electrons. The third kappa shape index (κ3) is 2.51. The van der Waals surface area contributed by atoms with Gasteiger partial charge in [-0.05, 0) is 61.7 Å². The van der Waals surface area contributed by atoms with E-state index in [0.29, 0.717) is 5.41 Å². The van der Waals surface area contributed by atoms with Crippen molar-refractivity contribution in [2.75, 3.05) is 19.6 Å². The maximum Gasteiger partial charge on any atom is 0.0412 e. The number of benzene rings is 1. The lowest BCUT2D eigenvalue weighted by atomic mass is 9.85. The molecule has 1 aliphatic heterocycles. The molecule has 2 nitrogen and oxygen atoms in total. The van der Waals surface area contributed by atoms with Gasteiger partial charge >= 0.3 is 0 Å². The zero-order valence-corrected chi connectivity index (χ0v) is 13.0. The quantitative estimate of drug-likeness (QED) is 0.897. The Morgan fingerprint density at radius 3 is 2.30 bits per heavy atom. The average Bonchev–Trinajstić information content (AvgIpc) is 2.72. The Labute approximate surface area is 123 Å². The first-order chi connectivity index (χ1) is 9.55. The Balaban J connectivity index is 1.81. The van der Waals surface area contributed by atoms with Crippen molar-refractivity contribution in [1.82, 2.24) is 4.90 Å². The second-order valence-corrected chi connectivity index (χ2v) is 7.56. The number of hydrogen-bond acceptors (Lipinski definition) is 2. The van der Waals surface area contributed by atoms with Crippen LogP contribution < -0.4 is 5.73 Å². The predicted molar refractivity (Wildman–Crippen MR) is 84.8 cm³/mol. The summed E-state index contributed by atoms with van der Waals surface area (Å²) in [5, 5.41) is 0. The molecule has 1 aromatic carbocycles. The summed E-state index contributed by atoms with van der Waals surface area (Å²) in [5.41, 5.74) is 9.97. The van der Waals surface area contributed by atoms with Gasteiger partial charge in [0.1, 0.15) is 0 Å². The Morgan fingerprint density at radius 1 is 1.05 bits per heavy atom. The van der Waals surface area contributed by atoms with E-state index in [4.69, 9.17) is 5.73 Å². The Hall–Kier alpha value is -0.860. The summed E-state index contributed by atoms with van der Waals surface area (Å²) >= 11 is 0. The van der Waals surface area contributed by atoms with Crippen molar-refractivity contribution in [3.8, 4) is 0 Å². The minimum Gasteiger partial charge on any atom is -0.329 e. The smallest absolute Gasteiger partial charge is 0.0412 e. The van der Waals surface area contributed by atoms with E-state index >= 15 is 0 Å². The molecule has 0 spiro atoms. The van der Waals surface area contributed by atoms with Gasteiger partial charge in [0.2, 0.25) is 0 Å². The molecule has 0 unspecified atom stereocenters. The first-order valence-electron chi connectivity index (χ1n) is 8.07. The van der Waals surface area contributed by atoms with Gasteiger partial charge in [-0.25, -0.2) is 0 Å². The molecule has 2 heteroatoms. The number of hydrogen-bond donors (Lipinski definition) is 1. The molecule has 3 rings (SSSR count). The van der Waals surface area contributed by atoms with Crippen LogP contribution in [0.25, 0.3) is 0 Å². The van der Waals surface area contributed by atoms with Gasteiger partial charge in [-0.2, -0.15) is 0 Å². The Kier molecular flexibility index (Phi) is 3.64. The van der Waals surface area contributed by atoms with Crippen LogP contribution in [0.15, 0.2) is 24.3 Å². The van der Waals surface area contributed by atoms with Crippen LogP contribution >= 0.6 is 0 Å². The topological polar surface area (TPSA) is 29.3 Å². The molecule has 0 saturated carbocycles. The average molecular weight is 272 g/mol. The van der Waals surface area contributed by atoms with Crippen LogP contribution in [0.1, 0.15) is 44.2 Å². The van der Waals surface area contributed by atoms with Crippen molar-refractivity contribution in [3.63, 3.8) is 0 Å². The molecule has 1 fully saturated rings. The third-order valence-corrected chi connectivity index (χ3v) is 5.55. The molecule has 1 aromatic rings. The molecule has 0 atom stereocenters. The Morgan fingerprint density at radius 2 is 1.70 bits per heavy atom. The number of rotatable bonds is 2. The lowest BCUT2D eigenvalue weighted by molar-refractivity contribution is 0.103. The fourth-order valence-electron chi connectivity index (χ4n) is 4.07. The fourth-order valence-corrected chi connectivity index (χ4v) is 4.07. The van der Waals surface area contributed by atoms with E-state index < -0.39 is 0 Å². The van der Waals surface area contributed by atoms with E-state index in [9.17, 15) is 0 Å². The van der Waals surface area contributed by atoms with Gasteiger partial charge in [0.05, 0.1) is 0 Å². The number of fused-ring (bicyclic) bond motifs is 1. The molecule has 1 aliphatic carbocycles. The van der Waals surface area contributed by atoms with E-state index in [1.807, 2.05) is 0 Å². The highest BCUT2D eigenvalue weighted by Crippen LogP contribution is 2.38. The van der Waals surface area contributed by atoms with Gasteiger partial charge in [-0.15, -0.1) is 0 Å². The van der Waals surface area contributed by atoms with Crippen molar-refractivity contribution < 1.29 is 0 Å². The summed E-state index contributed by atoms with van der Waals surface area (Å²) in [4.78, 5) is 2.71. The second kappa shape index (κ2) is 5.16. The van der Waals surface area contributed by atoms with Crippen LogP contribution in [-0.4, -0.2) is 30.1 Å². The molecule has 0 aromatic heterocycles. The number of likely N-dealkylation sites (tertiary alicyclic amines) is 1. The summed E-state index contributed by atoms with van der Waals surface area (Å²) in [7, 11) is 0. The minimum absolute atomic E-state index is 0.185. The molecule has 0 bridgehead atoms. The van der Waals surface area contributed by atoms with Crippen molar-refractivity contribution >= 4 is 0 Å². The summed E-state index contributed by atoms with van der Waals surface area (Å²) in [6, 6.07) is 8.90. The van der Waals surface area contributed by atoms with Crippen molar-refractivity contribution in [1.29, 1.82) is 0 Å². The van der Waals surface area contributed by atoms with Crippen molar-refractivity contribution in [2.24, 2.45) is 11.1 Å². The van der Waals surface area contributed by atoms with Crippen LogP contribution in [0.4, 0.5) is 0 Å². The molecular formula is C18H28N2. The molecule has 20 heavy (non-hydrogen) atoms. The van der Waals surface area contributed by atoms with E-state index in [0.717, 1.165) is 19.4 Å². The highest BCUT2D eigenvalue weighted by atomic mass is 15.2. The Bertz CT molecular complexity index is 453. The van der Waals surface area contributed by atoms with Crippen LogP contribution in [0.3, 0.4) is 0 Å². The van der Waals surface area contributed by atoms with E-state index in [1.165, 1.54) is 43.5 Å². The van der Waals surface area contributed by atoms with Crippen LogP contribution in [0.2, 0.25) is 0 Å². The second-order valence-electron chi connectivity index (χ2n) is 7.56. The van der Waals surface area contributed by atoms with Gasteiger partial charge in [0.25, 0.3) is 0 Å². The lowest BCUT2D eigenvalue weighted by Gasteiger charge is -2.40. The zero-order valence-electron chi connectivity index (χ0n) is 13.0. The molecule has 1 heterocycles. The first-order valence-corrected chi connectivity index (χ1v) is 8.07. The number of nitrogens with two attached hydrogens (primary N) is 1. The van der Waals surface area contributed by atoms with E-state index in [1.54, 1.807) is 0 Å². The molecular weight excluding hydrogens is 244 g/mol. The van der Waals surface area contributed by atoms with Crippen LogP contribution in [-0.2, 0) is 12.8 Å². The van der Waals surface area contributed by atoms with Crippen LogP contribution in [0.5, 0.6) is 0 Å². The third-order valence-electron chi connectivity index (χ3n) is 5.55. The van der Waals surface area contributed by atoms with Crippen LogP contribution in [0, 0.1) is 5.41 Å².